The maximum absolute atomic E-state index is 11.5. The molecule has 8 heteroatoms. The number of nitrogens with zero attached hydrogens (tertiary/aromatic N) is 3. The Bertz CT molecular complexity index is 486. The van der Waals surface area contributed by atoms with Crippen LogP contribution in [0.1, 0.15) is 26.2 Å². The van der Waals surface area contributed by atoms with Crippen molar-refractivity contribution in [2.24, 2.45) is 10.9 Å². The average Bonchev–Trinajstić information content (AvgIpc) is 2.89. The van der Waals surface area contributed by atoms with E-state index in [9.17, 15) is 13.5 Å². The molecule has 0 unspecified atom stereocenters. The monoisotopic (exact) mass is 332 g/mol. The molecule has 22 heavy (non-hydrogen) atoms. The number of β-amino-alcohol motifs (C(OH)–C–C–N with tert-alkyl or cyclic N) is 1. The summed E-state index contributed by atoms with van der Waals surface area (Å²) < 4.78 is 24.6. The van der Waals surface area contributed by atoms with Gasteiger partial charge in [0.1, 0.15) is 0 Å². The predicted molar refractivity (Wildman–Crippen MR) is 87.3 cm³/mol. The van der Waals surface area contributed by atoms with E-state index in [0.29, 0.717) is 32.1 Å². The molecule has 1 atom stereocenters. The van der Waals surface area contributed by atoms with Gasteiger partial charge in [0.2, 0.25) is 10.0 Å². The number of hydrogen-bond acceptors (Lipinski definition) is 4. The zero-order valence-electron chi connectivity index (χ0n) is 13.5. The van der Waals surface area contributed by atoms with Gasteiger partial charge >= 0.3 is 0 Å². The molecule has 0 aliphatic carbocycles. The minimum Gasteiger partial charge on any atom is -0.391 e. The van der Waals surface area contributed by atoms with Gasteiger partial charge in [0.15, 0.2) is 5.96 Å². The number of piperidine rings is 1. The summed E-state index contributed by atoms with van der Waals surface area (Å²) in [5.41, 5.74) is 0. The summed E-state index contributed by atoms with van der Waals surface area (Å²) in [6, 6.07) is 0. The molecule has 128 valence electrons. The topological polar surface area (TPSA) is 85.2 Å². The number of guanidine groups is 1. The van der Waals surface area contributed by atoms with Crippen LogP contribution < -0.4 is 5.32 Å². The van der Waals surface area contributed by atoms with E-state index in [2.05, 4.69) is 10.2 Å². The Labute approximate surface area is 133 Å². The highest BCUT2D eigenvalue weighted by atomic mass is 32.2. The van der Waals surface area contributed by atoms with E-state index in [4.69, 9.17) is 4.99 Å². The van der Waals surface area contributed by atoms with Crippen LogP contribution in [0.25, 0.3) is 0 Å². The molecule has 0 amide bonds. The molecule has 0 aromatic heterocycles. The highest BCUT2D eigenvalue weighted by Gasteiger charge is 2.26. The van der Waals surface area contributed by atoms with E-state index in [1.807, 2.05) is 6.92 Å². The van der Waals surface area contributed by atoms with Crippen LogP contribution in [0.2, 0.25) is 0 Å². The van der Waals surface area contributed by atoms with Crippen LogP contribution >= 0.6 is 0 Å². The third-order valence-electron chi connectivity index (χ3n) is 4.34. The second-order valence-corrected chi connectivity index (χ2v) is 8.17. The highest BCUT2D eigenvalue weighted by Crippen LogP contribution is 2.19. The van der Waals surface area contributed by atoms with E-state index in [-0.39, 0.29) is 6.10 Å². The maximum atomic E-state index is 11.5. The Morgan fingerprint density at radius 3 is 2.45 bits per heavy atom. The number of aliphatic hydroxyl groups excluding tert-OH is 1. The Hall–Kier alpha value is -0.860. The molecule has 2 saturated heterocycles. The standard InChI is InChI=1S/C14H28N4O3S/c1-3-15-14(17-7-6-13(19)11-17)16-10-12-4-8-18(9-5-12)22(2,20)21/h12-13,19H,3-11H2,1-2H3,(H,15,16)/t13-/m1/s1. The highest BCUT2D eigenvalue weighted by molar-refractivity contribution is 7.88. The van der Waals surface area contributed by atoms with Crippen molar-refractivity contribution < 1.29 is 13.5 Å². The van der Waals surface area contributed by atoms with E-state index in [1.165, 1.54) is 6.26 Å². The van der Waals surface area contributed by atoms with Gasteiger partial charge in [-0.25, -0.2) is 12.7 Å². The molecule has 2 N–H and O–H groups in total. The van der Waals surface area contributed by atoms with Gasteiger partial charge in [0.05, 0.1) is 12.4 Å². The normalized spacial score (nSPS) is 25.7. The first-order valence-corrected chi connectivity index (χ1v) is 9.91. The lowest BCUT2D eigenvalue weighted by Gasteiger charge is -2.30. The quantitative estimate of drug-likeness (QED) is 0.545. The summed E-state index contributed by atoms with van der Waals surface area (Å²) in [4.78, 5) is 6.79. The Kier molecular flexibility index (Phi) is 6.05. The molecule has 0 spiro atoms. The summed E-state index contributed by atoms with van der Waals surface area (Å²) in [6.07, 6.45) is 3.52. The first kappa shape index (κ1) is 17.5. The lowest BCUT2D eigenvalue weighted by atomic mass is 9.98. The van der Waals surface area contributed by atoms with Crippen LogP contribution in [0.4, 0.5) is 0 Å². The summed E-state index contributed by atoms with van der Waals surface area (Å²) >= 11 is 0. The molecule has 2 aliphatic rings. The summed E-state index contributed by atoms with van der Waals surface area (Å²) in [5, 5.41) is 12.9. The molecule has 2 heterocycles. The van der Waals surface area contributed by atoms with Crippen LogP contribution in [-0.2, 0) is 10.0 Å². The van der Waals surface area contributed by atoms with Crippen LogP contribution in [0.15, 0.2) is 4.99 Å². The van der Waals surface area contributed by atoms with Crippen LogP contribution in [0, 0.1) is 5.92 Å². The van der Waals surface area contributed by atoms with Crippen molar-refractivity contribution in [2.75, 3.05) is 45.5 Å². The van der Waals surface area contributed by atoms with Gasteiger partial charge in [-0.15, -0.1) is 0 Å². The molecular formula is C14H28N4O3S. The first-order chi connectivity index (χ1) is 10.4. The smallest absolute Gasteiger partial charge is 0.211 e. The van der Waals surface area contributed by atoms with Gasteiger partial charge in [-0.05, 0) is 32.1 Å². The lowest BCUT2D eigenvalue weighted by Crippen LogP contribution is -2.41. The minimum absolute atomic E-state index is 0.262. The van der Waals surface area contributed by atoms with Gasteiger partial charge in [-0.1, -0.05) is 0 Å². The van der Waals surface area contributed by atoms with Gasteiger partial charge in [0.25, 0.3) is 0 Å². The zero-order valence-corrected chi connectivity index (χ0v) is 14.3. The Balaban J connectivity index is 1.86. The van der Waals surface area contributed by atoms with E-state index < -0.39 is 10.0 Å². The number of nitrogens with one attached hydrogen (secondary N) is 1. The summed E-state index contributed by atoms with van der Waals surface area (Å²) in [7, 11) is -3.06. The van der Waals surface area contributed by atoms with Crippen molar-refractivity contribution >= 4 is 16.0 Å². The minimum atomic E-state index is -3.06. The largest absolute Gasteiger partial charge is 0.391 e. The fourth-order valence-electron chi connectivity index (χ4n) is 3.00. The van der Waals surface area contributed by atoms with Gasteiger partial charge in [-0.2, -0.15) is 0 Å². The van der Waals surface area contributed by atoms with Gasteiger partial charge in [-0.3, -0.25) is 4.99 Å². The molecule has 2 rings (SSSR count). The lowest BCUT2D eigenvalue weighted by molar-refractivity contribution is 0.187. The molecule has 2 fully saturated rings. The molecule has 0 aromatic rings. The molecule has 0 saturated carbocycles. The SMILES string of the molecule is CCNC(=NCC1CCN(S(C)(=O)=O)CC1)N1CC[C@@H](O)C1. The number of aliphatic hydroxyl groups is 1. The van der Waals surface area contributed by atoms with Gasteiger partial charge in [0, 0.05) is 39.3 Å². The second kappa shape index (κ2) is 7.61. The summed E-state index contributed by atoms with van der Waals surface area (Å²) in [5.74, 6) is 1.30. The maximum Gasteiger partial charge on any atom is 0.211 e. The van der Waals surface area contributed by atoms with Crippen molar-refractivity contribution in [1.82, 2.24) is 14.5 Å². The van der Waals surface area contributed by atoms with Crippen molar-refractivity contribution in [1.29, 1.82) is 0 Å². The molecular weight excluding hydrogens is 304 g/mol. The molecule has 0 aromatic carbocycles. The number of likely N-dealkylation sites (tertiary alicyclic amines) is 1. The van der Waals surface area contributed by atoms with Gasteiger partial charge < -0.3 is 15.3 Å². The van der Waals surface area contributed by atoms with Crippen molar-refractivity contribution in [3.63, 3.8) is 0 Å². The molecule has 2 aliphatic heterocycles. The molecule has 0 radical (unpaired) electrons. The number of sulfonamides is 1. The van der Waals surface area contributed by atoms with Crippen molar-refractivity contribution in [3.8, 4) is 0 Å². The Morgan fingerprint density at radius 1 is 1.27 bits per heavy atom. The van der Waals surface area contributed by atoms with E-state index in [0.717, 1.165) is 38.3 Å². The fourth-order valence-corrected chi connectivity index (χ4v) is 3.87. The van der Waals surface area contributed by atoms with Crippen molar-refractivity contribution in [2.45, 2.75) is 32.3 Å². The third kappa shape index (κ3) is 4.82. The average molecular weight is 332 g/mol. The number of rotatable bonds is 4. The number of hydrogen-bond donors (Lipinski definition) is 2. The first-order valence-electron chi connectivity index (χ1n) is 8.06. The van der Waals surface area contributed by atoms with Crippen LogP contribution in [0.5, 0.6) is 0 Å². The number of aliphatic imine (C=N–C) groups is 1. The fraction of sp³-hybridized carbons (Fsp3) is 0.929. The molecule has 7 nitrogen and oxygen atoms in total. The zero-order chi connectivity index (χ0) is 16.2. The predicted octanol–water partition coefficient (Wildman–Crippen LogP) is -0.310. The van der Waals surface area contributed by atoms with Crippen LogP contribution in [-0.4, -0.2) is 80.3 Å². The van der Waals surface area contributed by atoms with Crippen LogP contribution in [0.3, 0.4) is 0 Å². The summed E-state index contributed by atoms with van der Waals surface area (Å²) in [6.45, 7) is 6.21. The van der Waals surface area contributed by atoms with E-state index in [1.54, 1.807) is 4.31 Å². The molecule has 0 bridgehead atoms. The second-order valence-electron chi connectivity index (χ2n) is 6.19. The van der Waals surface area contributed by atoms with E-state index >= 15 is 0 Å². The third-order valence-corrected chi connectivity index (χ3v) is 5.64. The van der Waals surface area contributed by atoms with Crippen molar-refractivity contribution in [3.05, 3.63) is 0 Å². The Morgan fingerprint density at radius 2 is 1.95 bits per heavy atom.